The zero-order valence-electron chi connectivity index (χ0n) is 19.6. The molecule has 1 aromatic rings. The van der Waals surface area contributed by atoms with Crippen molar-refractivity contribution in [3.05, 3.63) is 23.8 Å². The van der Waals surface area contributed by atoms with Crippen LogP contribution in [0.4, 0.5) is 5.69 Å². The third-order valence-electron chi connectivity index (χ3n) is 5.62. The second-order valence-electron chi connectivity index (χ2n) is 8.00. The van der Waals surface area contributed by atoms with E-state index < -0.39 is 23.9 Å². The molecule has 1 aliphatic rings. The van der Waals surface area contributed by atoms with Gasteiger partial charge in [-0.1, -0.05) is 0 Å². The molecule has 0 bridgehead atoms. The van der Waals surface area contributed by atoms with Gasteiger partial charge in [-0.05, 0) is 30.4 Å². The third kappa shape index (κ3) is 9.32. The lowest BCUT2D eigenvalue weighted by Gasteiger charge is -2.33. The molecule has 1 fully saturated rings. The number of methoxy groups -OCH3 is 1. The van der Waals surface area contributed by atoms with Crippen LogP contribution in [0.5, 0.6) is 5.75 Å². The van der Waals surface area contributed by atoms with Crippen LogP contribution in [0.15, 0.2) is 23.2 Å². The molecule has 0 aliphatic carbocycles. The molecule has 0 spiro atoms. The number of benzene rings is 1. The van der Waals surface area contributed by atoms with Gasteiger partial charge in [-0.25, -0.2) is 0 Å². The Morgan fingerprint density at radius 3 is 2.20 bits per heavy atom. The minimum absolute atomic E-state index is 0.143. The molecule has 1 aliphatic heterocycles. The molecule has 1 atom stereocenters. The maximum Gasteiger partial charge on any atom is 0.325 e. The molecule has 35 heavy (non-hydrogen) atoms. The molecule has 0 amide bonds. The van der Waals surface area contributed by atoms with Crippen LogP contribution in [0.3, 0.4) is 0 Å². The van der Waals surface area contributed by atoms with E-state index in [4.69, 9.17) is 9.84 Å². The van der Waals surface area contributed by atoms with Crippen molar-refractivity contribution < 1.29 is 34.4 Å². The van der Waals surface area contributed by atoms with E-state index >= 15 is 0 Å². The molecule has 1 unspecified atom stereocenters. The Morgan fingerprint density at radius 2 is 1.63 bits per heavy atom. The van der Waals surface area contributed by atoms with E-state index in [1.165, 1.54) is 7.11 Å². The number of carboxylic acids is 3. The van der Waals surface area contributed by atoms with Gasteiger partial charge in [0.1, 0.15) is 11.8 Å². The van der Waals surface area contributed by atoms with Gasteiger partial charge in [-0.3, -0.25) is 29.1 Å². The van der Waals surface area contributed by atoms with Crippen LogP contribution in [0.2, 0.25) is 0 Å². The van der Waals surface area contributed by atoms with Crippen LogP contribution in [0.25, 0.3) is 0 Å². The zero-order chi connectivity index (χ0) is 25.8. The fourth-order valence-electron chi connectivity index (χ4n) is 3.97. The number of carbonyl (C=O) groups is 3. The summed E-state index contributed by atoms with van der Waals surface area (Å²) in [7, 11) is 1.45. The fraction of sp³-hybridized carbons (Fsp3) is 0.545. The second-order valence-corrected chi connectivity index (χ2v) is 8.18. The largest absolute Gasteiger partial charge is 0.496 e. The molecule has 192 valence electrons. The number of hydrogen-bond donors (Lipinski definition) is 4. The minimum atomic E-state index is -1.09. The lowest BCUT2D eigenvalue weighted by molar-refractivity contribution is -0.144. The van der Waals surface area contributed by atoms with Crippen molar-refractivity contribution in [2.24, 2.45) is 4.99 Å². The third-order valence-corrected chi connectivity index (χ3v) is 5.71. The van der Waals surface area contributed by atoms with E-state index in [0.717, 1.165) is 0 Å². The molecule has 0 aromatic heterocycles. The number of nitrogens with zero attached hydrogens (tertiary/aromatic N) is 4. The maximum atomic E-state index is 12.5. The first kappa shape index (κ1) is 28.3. The van der Waals surface area contributed by atoms with Gasteiger partial charge in [0.2, 0.25) is 0 Å². The summed E-state index contributed by atoms with van der Waals surface area (Å²) in [6, 6.07) is 3.79. The standard InChI is InChI=1S/C22H31N5O7S/c1-34-18-3-2-16(24-15-35)12-17(18)21(22(32)33)27-7-5-23-4-6-25(13-19(28)29)8-9-26(10-11-27)14-20(30)31/h2-3,12,21,23H,4-11,13-14H2,1H3,(H,28,29)(H,30,31)(H,32,33). The first-order chi connectivity index (χ1) is 16.7. The number of aliphatic imine (C=N–C) groups is 1. The molecular weight excluding hydrogens is 478 g/mol. The molecule has 1 heterocycles. The number of isothiocyanates is 1. The Balaban J connectivity index is 2.34. The van der Waals surface area contributed by atoms with Crippen LogP contribution in [0.1, 0.15) is 11.6 Å². The highest BCUT2D eigenvalue weighted by molar-refractivity contribution is 7.78. The zero-order valence-corrected chi connectivity index (χ0v) is 20.4. The summed E-state index contributed by atoms with van der Waals surface area (Å²) in [6.07, 6.45) is 0. The Labute approximate surface area is 208 Å². The summed E-state index contributed by atoms with van der Waals surface area (Å²) in [6.45, 7) is 2.60. The lowest BCUT2D eigenvalue weighted by Crippen LogP contribution is -2.48. The van der Waals surface area contributed by atoms with Crippen molar-refractivity contribution in [1.82, 2.24) is 20.0 Å². The topological polar surface area (TPSA) is 155 Å². The quantitative estimate of drug-likeness (QED) is 0.266. The Hall–Kier alpha value is -2.93. The van der Waals surface area contributed by atoms with E-state index in [-0.39, 0.29) is 26.2 Å². The molecule has 13 heteroatoms. The number of hydrogen-bond acceptors (Lipinski definition) is 10. The van der Waals surface area contributed by atoms with Gasteiger partial charge in [0.25, 0.3) is 0 Å². The maximum absolute atomic E-state index is 12.5. The van der Waals surface area contributed by atoms with Gasteiger partial charge < -0.3 is 25.4 Å². The number of rotatable bonds is 9. The molecule has 0 radical (unpaired) electrons. The number of aliphatic carboxylic acids is 3. The summed E-state index contributed by atoms with van der Waals surface area (Å²) < 4.78 is 5.42. The highest BCUT2D eigenvalue weighted by atomic mass is 32.1. The highest BCUT2D eigenvalue weighted by Gasteiger charge is 2.31. The second kappa shape index (κ2) is 14.5. The average molecular weight is 510 g/mol. The van der Waals surface area contributed by atoms with Crippen LogP contribution in [-0.2, 0) is 14.4 Å². The first-order valence-electron chi connectivity index (χ1n) is 11.1. The van der Waals surface area contributed by atoms with Gasteiger partial charge in [-0.2, -0.15) is 4.99 Å². The average Bonchev–Trinajstić information content (AvgIpc) is 2.78. The van der Waals surface area contributed by atoms with Crippen molar-refractivity contribution in [3.8, 4) is 5.75 Å². The van der Waals surface area contributed by atoms with Crippen LogP contribution in [-0.4, -0.2) is 126 Å². The minimum Gasteiger partial charge on any atom is -0.496 e. The van der Waals surface area contributed by atoms with Crippen molar-refractivity contribution >= 4 is 41.0 Å². The van der Waals surface area contributed by atoms with Crippen LogP contribution >= 0.6 is 12.2 Å². The van der Waals surface area contributed by atoms with Gasteiger partial charge in [0, 0.05) is 57.9 Å². The number of ether oxygens (including phenoxy) is 1. The summed E-state index contributed by atoms with van der Waals surface area (Å²) in [5, 5.41) is 34.2. The summed E-state index contributed by atoms with van der Waals surface area (Å²) in [5.74, 6) is -2.67. The van der Waals surface area contributed by atoms with Gasteiger partial charge in [0.15, 0.2) is 0 Å². The highest BCUT2D eigenvalue weighted by Crippen LogP contribution is 2.33. The molecule has 1 saturated heterocycles. The molecule has 4 N–H and O–H groups in total. The predicted octanol–water partition coefficient (Wildman–Crippen LogP) is 0.234. The molecule has 2 rings (SSSR count). The monoisotopic (exact) mass is 509 g/mol. The van der Waals surface area contributed by atoms with E-state index in [1.54, 1.807) is 32.9 Å². The smallest absolute Gasteiger partial charge is 0.325 e. The Kier molecular flexibility index (Phi) is 11.7. The lowest BCUT2D eigenvalue weighted by atomic mass is 10.0. The summed E-state index contributed by atoms with van der Waals surface area (Å²) in [4.78, 5) is 44.2. The summed E-state index contributed by atoms with van der Waals surface area (Å²) >= 11 is 4.67. The predicted molar refractivity (Wildman–Crippen MR) is 131 cm³/mol. The van der Waals surface area contributed by atoms with Gasteiger partial charge >= 0.3 is 17.9 Å². The van der Waals surface area contributed by atoms with Crippen LogP contribution < -0.4 is 10.1 Å². The Bertz CT molecular complexity index is 941. The van der Waals surface area contributed by atoms with E-state index in [2.05, 4.69) is 27.7 Å². The van der Waals surface area contributed by atoms with Crippen molar-refractivity contribution in [2.75, 3.05) is 72.6 Å². The molecule has 0 saturated carbocycles. The van der Waals surface area contributed by atoms with Crippen molar-refractivity contribution in [2.45, 2.75) is 6.04 Å². The van der Waals surface area contributed by atoms with Gasteiger partial charge in [-0.15, -0.1) is 0 Å². The summed E-state index contributed by atoms with van der Waals surface area (Å²) in [5.41, 5.74) is 0.844. The van der Waals surface area contributed by atoms with E-state index in [9.17, 15) is 24.6 Å². The molecule has 12 nitrogen and oxygen atoms in total. The fourth-order valence-corrected chi connectivity index (χ4v) is 4.08. The first-order valence-corrected chi connectivity index (χ1v) is 11.5. The number of carboxylic acid groups (broad SMARTS) is 3. The van der Waals surface area contributed by atoms with Gasteiger partial charge in [0.05, 0.1) is 31.0 Å². The van der Waals surface area contributed by atoms with E-state index in [0.29, 0.717) is 56.3 Å². The molecule has 1 aromatic carbocycles. The van der Waals surface area contributed by atoms with Crippen molar-refractivity contribution in [1.29, 1.82) is 0 Å². The number of nitrogens with one attached hydrogen (secondary N) is 1. The number of thiocarbonyl (C=S) groups is 1. The normalized spacial score (nSPS) is 17.9. The van der Waals surface area contributed by atoms with Crippen LogP contribution in [0, 0.1) is 0 Å². The molecular formula is C22H31N5O7S. The van der Waals surface area contributed by atoms with Crippen molar-refractivity contribution in [3.63, 3.8) is 0 Å². The Morgan fingerprint density at radius 1 is 1.03 bits per heavy atom. The van der Waals surface area contributed by atoms with E-state index in [1.807, 2.05) is 0 Å². The SMILES string of the molecule is COc1ccc(N=C=S)cc1C(C(=O)O)N1CCNCCN(CC(=O)O)CCN(CC(=O)O)CC1.